The Labute approximate surface area is 185 Å². The highest BCUT2D eigenvalue weighted by molar-refractivity contribution is 5.67. The monoisotopic (exact) mass is 432 g/mol. The van der Waals surface area contributed by atoms with Crippen molar-refractivity contribution in [2.24, 2.45) is 5.41 Å². The van der Waals surface area contributed by atoms with Gasteiger partial charge in [-0.05, 0) is 54.9 Å². The van der Waals surface area contributed by atoms with Crippen LogP contribution in [0.5, 0.6) is 5.75 Å². The van der Waals surface area contributed by atoms with Gasteiger partial charge in [0, 0.05) is 20.0 Å². The Morgan fingerprint density at radius 2 is 1.97 bits per heavy atom. The first-order valence-corrected chi connectivity index (χ1v) is 11.1. The fraction of sp³-hybridized carbons (Fsp3) is 0.640. The summed E-state index contributed by atoms with van der Waals surface area (Å²) < 4.78 is 29.5. The number of carbonyl (C=O) groups is 1. The van der Waals surface area contributed by atoms with E-state index < -0.39 is 5.79 Å². The second kappa shape index (κ2) is 10.2. The summed E-state index contributed by atoms with van der Waals surface area (Å²) in [6, 6.07) is 7.88. The van der Waals surface area contributed by atoms with E-state index in [0.29, 0.717) is 19.6 Å². The molecule has 1 fully saturated rings. The van der Waals surface area contributed by atoms with Gasteiger partial charge in [0.25, 0.3) is 0 Å². The fourth-order valence-electron chi connectivity index (χ4n) is 4.46. The van der Waals surface area contributed by atoms with E-state index in [9.17, 15) is 4.79 Å². The molecule has 3 rings (SSSR count). The van der Waals surface area contributed by atoms with Crippen LogP contribution in [-0.4, -0.2) is 44.3 Å². The van der Waals surface area contributed by atoms with Gasteiger partial charge in [-0.25, -0.2) is 0 Å². The molecule has 0 bridgehead atoms. The Kier molecular flexibility index (Phi) is 7.78. The second-order valence-corrected chi connectivity index (χ2v) is 9.40. The molecular weight excluding hydrogens is 396 g/mol. The Balaban J connectivity index is 1.80. The average Bonchev–Trinajstić information content (AvgIpc) is 2.80. The maximum absolute atomic E-state index is 12.1. The summed E-state index contributed by atoms with van der Waals surface area (Å²) in [5.41, 5.74) is 1.79. The van der Waals surface area contributed by atoms with Crippen LogP contribution >= 0.6 is 0 Å². The topological polar surface area (TPSA) is 63.2 Å². The average molecular weight is 433 g/mol. The first-order valence-electron chi connectivity index (χ1n) is 11.1. The molecule has 1 heterocycles. The van der Waals surface area contributed by atoms with Crippen molar-refractivity contribution in [3.8, 4) is 5.75 Å². The molecule has 0 aromatic heterocycles. The lowest BCUT2D eigenvalue weighted by Gasteiger charge is -2.41. The van der Waals surface area contributed by atoms with Gasteiger partial charge in [0.2, 0.25) is 5.79 Å². The summed E-state index contributed by atoms with van der Waals surface area (Å²) in [5.74, 6) is -0.623. The normalized spacial score (nSPS) is 28.4. The number of carbonyl (C=O) groups excluding carboxylic acids is 1. The summed E-state index contributed by atoms with van der Waals surface area (Å²) in [6.45, 7) is 9.51. The van der Waals surface area contributed by atoms with Gasteiger partial charge in [-0.15, -0.1) is 0 Å². The van der Waals surface area contributed by atoms with E-state index in [2.05, 4.69) is 19.9 Å². The van der Waals surface area contributed by atoms with E-state index in [1.165, 1.54) is 6.92 Å². The van der Waals surface area contributed by atoms with E-state index in [1.54, 1.807) is 7.11 Å². The van der Waals surface area contributed by atoms with Gasteiger partial charge in [-0.1, -0.05) is 32.1 Å². The minimum absolute atomic E-state index is 0.0935. The summed E-state index contributed by atoms with van der Waals surface area (Å²) in [4.78, 5) is 12.1. The zero-order chi connectivity index (χ0) is 22.5. The molecule has 1 saturated heterocycles. The third kappa shape index (κ3) is 6.55. The van der Waals surface area contributed by atoms with Crippen molar-refractivity contribution < 1.29 is 28.5 Å². The summed E-state index contributed by atoms with van der Waals surface area (Å²) in [5, 5.41) is 0. The summed E-state index contributed by atoms with van der Waals surface area (Å²) in [6.07, 6.45) is 5.07. The maximum atomic E-state index is 12.1. The Bertz CT molecular complexity index is 763. The van der Waals surface area contributed by atoms with Crippen LogP contribution in [0, 0.1) is 5.41 Å². The molecule has 1 aromatic carbocycles. The predicted octanol–water partition coefficient (Wildman–Crippen LogP) is 4.80. The van der Waals surface area contributed by atoms with Crippen LogP contribution in [0.15, 0.2) is 35.9 Å². The Hall–Kier alpha value is -1.89. The molecule has 1 aliphatic carbocycles. The van der Waals surface area contributed by atoms with Crippen LogP contribution in [0.3, 0.4) is 0 Å². The minimum atomic E-state index is -1.10. The molecule has 0 spiro atoms. The van der Waals surface area contributed by atoms with Crippen LogP contribution < -0.4 is 4.74 Å². The first kappa shape index (κ1) is 23.8. The van der Waals surface area contributed by atoms with Crippen molar-refractivity contribution in [1.82, 2.24) is 0 Å². The smallest absolute Gasteiger partial charge is 0.305 e. The van der Waals surface area contributed by atoms with Gasteiger partial charge in [-0.2, -0.15) is 0 Å². The molecule has 0 amide bonds. The third-order valence-electron chi connectivity index (χ3n) is 5.91. The molecule has 31 heavy (non-hydrogen) atoms. The van der Waals surface area contributed by atoms with Crippen molar-refractivity contribution in [2.75, 3.05) is 20.3 Å². The van der Waals surface area contributed by atoms with E-state index in [0.717, 1.165) is 42.8 Å². The third-order valence-corrected chi connectivity index (χ3v) is 5.91. The van der Waals surface area contributed by atoms with Gasteiger partial charge < -0.3 is 23.7 Å². The Morgan fingerprint density at radius 1 is 1.23 bits per heavy atom. The lowest BCUT2D eigenvalue weighted by Crippen LogP contribution is -2.46. The number of methoxy groups -OCH3 is 1. The maximum Gasteiger partial charge on any atom is 0.305 e. The molecule has 0 radical (unpaired) electrons. The second-order valence-electron chi connectivity index (χ2n) is 9.40. The van der Waals surface area contributed by atoms with Gasteiger partial charge >= 0.3 is 5.97 Å². The first-order chi connectivity index (χ1) is 14.7. The van der Waals surface area contributed by atoms with Gasteiger partial charge in [-0.3, -0.25) is 4.79 Å². The van der Waals surface area contributed by atoms with Crippen molar-refractivity contribution in [3.63, 3.8) is 0 Å². The number of hydrogen-bond acceptors (Lipinski definition) is 6. The number of ether oxygens (including phenoxy) is 5. The van der Waals surface area contributed by atoms with E-state index in [4.69, 9.17) is 23.7 Å². The van der Waals surface area contributed by atoms with Gasteiger partial charge in [0.05, 0.1) is 32.5 Å². The summed E-state index contributed by atoms with van der Waals surface area (Å²) >= 11 is 0. The molecular formula is C25H36O6. The van der Waals surface area contributed by atoms with Gasteiger partial charge in [0.1, 0.15) is 5.75 Å². The van der Waals surface area contributed by atoms with Crippen molar-refractivity contribution in [3.05, 3.63) is 41.5 Å². The van der Waals surface area contributed by atoms with Crippen molar-refractivity contribution >= 4 is 5.97 Å². The lowest BCUT2D eigenvalue weighted by atomic mass is 9.81. The number of rotatable bonds is 7. The van der Waals surface area contributed by atoms with Crippen LogP contribution in [0.1, 0.15) is 58.9 Å². The molecule has 172 valence electrons. The molecule has 3 unspecified atom stereocenters. The molecule has 1 aromatic rings. The van der Waals surface area contributed by atoms with Crippen LogP contribution in [-0.2, 0) is 30.3 Å². The molecule has 6 nitrogen and oxygen atoms in total. The highest BCUT2D eigenvalue weighted by Crippen LogP contribution is 2.44. The van der Waals surface area contributed by atoms with E-state index >= 15 is 0 Å². The highest BCUT2D eigenvalue weighted by atomic mass is 16.7. The van der Waals surface area contributed by atoms with Crippen LogP contribution in [0.4, 0.5) is 0 Å². The van der Waals surface area contributed by atoms with Crippen molar-refractivity contribution in [2.45, 2.75) is 78.0 Å². The Morgan fingerprint density at radius 3 is 2.58 bits per heavy atom. The molecule has 2 aliphatic rings. The molecule has 0 saturated carbocycles. The molecule has 3 atom stereocenters. The predicted molar refractivity (Wildman–Crippen MR) is 118 cm³/mol. The SMILES string of the molecule is COc1ccc(COC2C=C(C)C(OC(C)=O)(OC3CCCOC3)CC(C)(C)C2)cc1. The molecule has 0 N–H and O–H groups in total. The zero-order valence-electron chi connectivity index (χ0n) is 19.4. The van der Waals surface area contributed by atoms with Crippen LogP contribution in [0.25, 0.3) is 0 Å². The number of esters is 1. The largest absolute Gasteiger partial charge is 0.497 e. The highest BCUT2D eigenvalue weighted by Gasteiger charge is 2.47. The van der Waals surface area contributed by atoms with E-state index in [-0.39, 0.29) is 23.6 Å². The minimum Gasteiger partial charge on any atom is -0.497 e. The van der Waals surface area contributed by atoms with Gasteiger partial charge in [0.15, 0.2) is 0 Å². The number of hydrogen-bond donors (Lipinski definition) is 0. The fourth-order valence-corrected chi connectivity index (χ4v) is 4.46. The number of benzene rings is 1. The lowest BCUT2D eigenvalue weighted by molar-refractivity contribution is -0.251. The zero-order valence-corrected chi connectivity index (χ0v) is 19.4. The van der Waals surface area contributed by atoms with E-state index in [1.807, 2.05) is 31.2 Å². The van der Waals surface area contributed by atoms with Crippen LogP contribution in [0.2, 0.25) is 0 Å². The molecule has 1 aliphatic heterocycles. The summed E-state index contributed by atoms with van der Waals surface area (Å²) in [7, 11) is 1.66. The quantitative estimate of drug-likeness (QED) is 0.350. The van der Waals surface area contributed by atoms with Crippen molar-refractivity contribution in [1.29, 1.82) is 0 Å². The standard InChI is InChI=1S/C25H36O6/c1-18-13-23(29-15-20-8-10-21(27-5)11-9-20)14-24(3,4)17-25(18,30-19(2)26)31-22-7-6-12-28-16-22/h8-11,13,22-23H,6-7,12,14-17H2,1-5H3. The molecule has 6 heteroatoms.